The molecule has 0 aliphatic carbocycles. The summed E-state index contributed by atoms with van der Waals surface area (Å²) >= 11 is 0. The Morgan fingerprint density at radius 2 is 1.88 bits per heavy atom. The first-order valence-corrected chi connectivity index (χ1v) is 7.43. The third-order valence-corrected chi connectivity index (χ3v) is 3.61. The molecule has 6 heteroatoms. The molecule has 2 aromatic carbocycles. The fourth-order valence-electron chi connectivity index (χ4n) is 2.44. The zero-order valence-corrected chi connectivity index (χ0v) is 13.3. The fraction of sp³-hybridized carbons (Fsp3) is 0.167. The summed E-state index contributed by atoms with van der Waals surface area (Å²) in [6, 6.07) is 13.4. The van der Waals surface area contributed by atoms with E-state index in [1.807, 2.05) is 36.4 Å². The van der Waals surface area contributed by atoms with Crippen molar-refractivity contribution in [3.63, 3.8) is 0 Å². The van der Waals surface area contributed by atoms with Crippen LogP contribution >= 0.6 is 0 Å². The van der Waals surface area contributed by atoms with Crippen molar-refractivity contribution >= 4 is 28.3 Å². The molecule has 1 aromatic heterocycles. The topological polar surface area (TPSA) is 81.4 Å². The van der Waals surface area contributed by atoms with Crippen LogP contribution in [-0.4, -0.2) is 23.6 Å². The molecule has 0 unspecified atom stereocenters. The average Bonchev–Trinajstić information content (AvgIpc) is 2.91. The van der Waals surface area contributed by atoms with Crippen LogP contribution in [0.15, 0.2) is 47.0 Å². The number of anilines is 1. The Bertz CT molecular complexity index is 895. The molecule has 0 spiro atoms. The SMILES string of the molecule is Cc1noc(C)c1C(=O)OCC(=O)Nc1ccc2ccccc2c1. The number of benzene rings is 2. The molecule has 1 heterocycles. The number of aromatic nitrogens is 1. The summed E-state index contributed by atoms with van der Waals surface area (Å²) in [5.74, 6) is -0.669. The Labute approximate surface area is 138 Å². The third kappa shape index (κ3) is 3.27. The molecule has 0 bridgehead atoms. The maximum atomic E-state index is 12.0. The quantitative estimate of drug-likeness (QED) is 0.745. The standard InChI is InChI=1S/C18H16N2O4/c1-11-17(12(2)24-20-11)18(22)23-10-16(21)19-15-8-7-13-5-3-4-6-14(13)9-15/h3-9H,10H2,1-2H3,(H,19,21). The first-order chi connectivity index (χ1) is 11.5. The monoisotopic (exact) mass is 324 g/mol. The van der Waals surface area contributed by atoms with E-state index in [4.69, 9.17) is 9.26 Å². The van der Waals surface area contributed by atoms with Crippen LogP contribution in [0.2, 0.25) is 0 Å². The van der Waals surface area contributed by atoms with E-state index in [9.17, 15) is 9.59 Å². The number of nitrogens with zero attached hydrogens (tertiary/aromatic N) is 1. The minimum atomic E-state index is -0.625. The highest BCUT2D eigenvalue weighted by atomic mass is 16.5. The number of rotatable bonds is 4. The first kappa shape index (κ1) is 15.7. The van der Waals surface area contributed by atoms with Crippen LogP contribution in [0.3, 0.4) is 0 Å². The van der Waals surface area contributed by atoms with E-state index in [2.05, 4.69) is 10.5 Å². The van der Waals surface area contributed by atoms with Crippen molar-refractivity contribution in [3.8, 4) is 0 Å². The number of esters is 1. The minimum absolute atomic E-state index is 0.258. The second kappa shape index (κ2) is 6.54. The molecule has 0 radical (unpaired) electrons. The van der Waals surface area contributed by atoms with E-state index >= 15 is 0 Å². The Balaban J connectivity index is 1.62. The van der Waals surface area contributed by atoms with Gasteiger partial charge in [0.05, 0.1) is 5.69 Å². The van der Waals surface area contributed by atoms with Crippen LogP contribution in [0, 0.1) is 13.8 Å². The maximum absolute atomic E-state index is 12.0. The van der Waals surface area contributed by atoms with Crippen molar-refractivity contribution < 1.29 is 18.8 Å². The van der Waals surface area contributed by atoms with Gasteiger partial charge in [-0.2, -0.15) is 0 Å². The van der Waals surface area contributed by atoms with Gasteiger partial charge in [-0.25, -0.2) is 4.79 Å². The molecular formula is C18H16N2O4. The Morgan fingerprint density at radius 1 is 1.12 bits per heavy atom. The predicted molar refractivity (Wildman–Crippen MR) is 88.8 cm³/mol. The number of carbonyl (C=O) groups is 2. The fourth-order valence-corrected chi connectivity index (χ4v) is 2.44. The Morgan fingerprint density at radius 3 is 2.58 bits per heavy atom. The molecule has 1 N–H and O–H groups in total. The van der Waals surface area contributed by atoms with Crippen molar-refractivity contribution in [2.24, 2.45) is 0 Å². The number of hydrogen-bond donors (Lipinski definition) is 1. The van der Waals surface area contributed by atoms with Gasteiger partial charge < -0.3 is 14.6 Å². The van der Waals surface area contributed by atoms with E-state index in [1.165, 1.54) is 0 Å². The summed E-state index contributed by atoms with van der Waals surface area (Å²) in [5, 5.41) is 8.49. The summed E-state index contributed by atoms with van der Waals surface area (Å²) in [4.78, 5) is 23.9. The molecular weight excluding hydrogens is 308 g/mol. The summed E-state index contributed by atoms with van der Waals surface area (Å²) < 4.78 is 9.93. The van der Waals surface area contributed by atoms with Crippen LogP contribution < -0.4 is 5.32 Å². The van der Waals surface area contributed by atoms with Gasteiger partial charge in [-0.15, -0.1) is 0 Å². The highest BCUT2D eigenvalue weighted by Crippen LogP contribution is 2.19. The Kier molecular flexibility index (Phi) is 4.29. The number of carbonyl (C=O) groups excluding carboxylic acids is 2. The lowest BCUT2D eigenvalue weighted by atomic mass is 10.1. The lowest BCUT2D eigenvalue weighted by Gasteiger charge is -2.07. The van der Waals surface area contributed by atoms with Gasteiger partial charge >= 0.3 is 5.97 Å². The van der Waals surface area contributed by atoms with E-state index in [0.717, 1.165) is 10.8 Å². The average molecular weight is 324 g/mol. The minimum Gasteiger partial charge on any atom is -0.452 e. The lowest BCUT2D eigenvalue weighted by molar-refractivity contribution is -0.119. The van der Waals surface area contributed by atoms with Crippen LogP contribution in [0.25, 0.3) is 10.8 Å². The molecule has 24 heavy (non-hydrogen) atoms. The molecule has 0 saturated carbocycles. The van der Waals surface area contributed by atoms with Gasteiger partial charge in [-0.1, -0.05) is 35.5 Å². The van der Waals surface area contributed by atoms with Gasteiger partial charge in [0.15, 0.2) is 6.61 Å². The molecule has 0 fully saturated rings. The van der Waals surface area contributed by atoms with Crippen LogP contribution in [-0.2, 0) is 9.53 Å². The largest absolute Gasteiger partial charge is 0.452 e. The zero-order valence-electron chi connectivity index (χ0n) is 13.3. The molecule has 122 valence electrons. The van der Waals surface area contributed by atoms with Gasteiger partial charge in [0, 0.05) is 5.69 Å². The second-order valence-corrected chi connectivity index (χ2v) is 5.39. The van der Waals surface area contributed by atoms with Crippen LogP contribution in [0.5, 0.6) is 0 Å². The number of aryl methyl sites for hydroxylation is 2. The number of fused-ring (bicyclic) bond motifs is 1. The lowest BCUT2D eigenvalue weighted by Crippen LogP contribution is -2.21. The highest BCUT2D eigenvalue weighted by molar-refractivity contribution is 5.97. The normalized spacial score (nSPS) is 10.6. The van der Waals surface area contributed by atoms with Crippen molar-refractivity contribution in [2.75, 3.05) is 11.9 Å². The second-order valence-electron chi connectivity index (χ2n) is 5.39. The van der Waals surface area contributed by atoms with Gasteiger partial charge in [-0.3, -0.25) is 4.79 Å². The molecule has 6 nitrogen and oxygen atoms in total. The van der Waals surface area contributed by atoms with Crippen LogP contribution in [0.1, 0.15) is 21.8 Å². The Hall–Kier alpha value is -3.15. The van der Waals surface area contributed by atoms with E-state index in [1.54, 1.807) is 19.9 Å². The van der Waals surface area contributed by atoms with Crippen LogP contribution in [0.4, 0.5) is 5.69 Å². The smallest absolute Gasteiger partial charge is 0.344 e. The zero-order chi connectivity index (χ0) is 17.1. The molecule has 0 aliphatic rings. The summed E-state index contributed by atoms with van der Waals surface area (Å²) in [6.45, 7) is 2.88. The van der Waals surface area contributed by atoms with Crippen molar-refractivity contribution in [1.82, 2.24) is 5.16 Å². The van der Waals surface area contributed by atoms with Gasteiger partial charge in [0.2, 0.25) is 0 Å². The molecule has 3 rings (SSSR count). The molecule has 3 aromatic rings. The number of ether oxygens (including phenoxy) is 1. The molecule has 0 atom stereocenters. The van der Waals surface area contributed by atoms with Crippen molar-refractivity contribution in [3.05, 3.63) is 59.5 Å². The number of nitrogens with one attached hydrogen (secondary N) is 1. The van der Waals surface area contributed by atoms with Gasteiger partial charge in [0.25, 0.3) is 5.91 Å². The van der Waals surface area contributed by atoms with E-state index in [-0.39, 0.29) is 12.2 Å². The summed E-state index contributed by atoms with van der Waals surface area (Å²) in [7, 11) is 0. The number of hydrogen-bond acceptors (Lipinski definition) is 5. The molecule has 0 aliphatic heterocycles. The van der Waals surface area contributed by atoms with E-state index < -0.39 is 11.9 Å². The first-order valence-electron chi connectivity index (χ1n) is 7.43. The molecule has 1 amide bonds. The van der Waals surface area contributed by atoms with Crippen molar-refractivity contribution in [1.29, 1.82) is 0 Å². The molecule has 0 saturated heterocycles. The summed E-state index contributed by atoms with van der Waals surface area (Å²) in [5.41, 5.74) is 1.34. The summed E-state index contributed by atoms with van der Waals surface area (Å²) in [6.07, 6.45) is 0. The van der Waals surface area contributed by atoms with Gasteiger partial charge in [-0.05, 0) is 36.8 Å². The number of amides is 1. The third-order valence-electron chi connectivity index (χ3n) is 3.61. The van der Waals surface area contributed by atoms with Crippen molar-refractivity contribution in [2.45, 2.75) is 13.8 Å². The highest BCUT2D eigenvalue weighted by Gasteiger charge is 2.19. The predicted octanol–water partition coefficient (Wildman–Crippen LogP) is 3.24. The maximum Gasteiger partial charge on any atom is 0.344 e. The van der Waals surface area contributed by atoms with Gasteiger partial charge in [0.1, 0.15) is 11.3 Å². The van der Waals surface area contributed by atoms with E-state index in [0.29, 0.717) is 17.1 Å².